The molecule has 1 N–H and O–H groups in total. The van der Waals surface area contributed by atoms with Crippen LogP contribution >= 0.6 is 27.3 Å². The molecule has 0 aliphatic carbocycles. The van der Waals surface area contributed by atoms with Gasteiger partial charge in [-0.25, -0.2) is 4.39 Å². The van der Waals surface area contributed by atoms with Gasteiger partial charge in [-0.1, -0.05) is 22.0 Å². The van der Waals surface area contributed by atoms with Crippen molar-refractivity contribution < 1.29 is 18.7 Å². The summed E-state index contributed by atoms with van der Waals surface area (Å²) in [6, 6.07) is 6.23. The molecule has 0 unspecified atom stereocenters. The van der Waals surface area contributed by atoms with E-state index in [0.29, 0.717) is 15.6 Å². The lowest BCUT2D eigenvalue weighted by molar-refractivity contribution is -0.144. The summed E-state index contributed by atoms with van der Waals surface area (Å²) in [5, 5.41) is 6.15. The van der Waals surface area contributed by atoms with Crippen LogP contribution in [0.3, 0.4) is 0 Å². The summed E-state index contributed by atoms with van der Waals surface area (Å²) in [5.74, 6) is -1.16. The van der Waals surface area contributed by atoms with Gasteiger partial charge in [0, 0.05) is 27.5 Å². The first kappa shape index (κ1) is 16.6. The zero-order valence-corrected chi connectivity index (χ0v) is 13.9. The summed E-state index contributed by atoms with van der Waals surface area (Å²) in [7, 11) is 0. The molecule has 0 spiro atoms. The van der Waals surface area contributed by atoms with Gasteiger partial charge in [0.05, 0.1) is 6.42 Å². The molecule has 116 valence electrons. The van der Waals surface area contributed by atoms with E-state index in [0.717, 1.165) is 0 Å². The molecule has 2 aromatic rings. The maximum atomic E-state index is 13.5. The van der Waals surface area contributed by atoms with E-state index in [-0.39, 0.29) is 25.5 Å². The van der Waals surface area contributed by atoms with Gasteiger partial charge in [0.1, 0.15) is 12.4 Å². The summed E-state index contributed by atoms with van der Waals surface area (Å²) >= 11 is 4.58. The normalized spacial score (nSPS) is 10.3. The lowest BCUT2D eigenvalue weighted by atomic mass is 10.2. The first-order valence-corrected chi connectivity index (χ1v) is 8.20. The molecule has 0 aliphatic rings. The predicted octanol–water partition coefficient (Wildman–Crippen LogP) is 3.51. The summed E-state index contributed by atoms with van der Waals surface area (Å²) in [5.41, 5.74) is 0.870. The number of benzene rings is 1. The molecular formula is C15H13BrFNO3S. The van der Waals surface area contributed by atoms with Gasteiger partial charge in [0.25, 0.3) is 5.91 Å². The van der Waals surface area contributed by atoms with Gasteiger partial charge >= 0.3 is 5.97 Å². The Balaban J connectivity index is 1.71. The lowest BCUT2D eigenvalue weighted by Gasteiger charge is -2.07. The second-order valence-corrected chi connectivity index (χ2v) is 6.11. The van der Waals surface area contributed by atoms with Crippen LogP contribution in [-0.4, -0.2) is 18.4 Å². The van der Waals surface area contributed by atoms with Crippen molar-refractivity contribution in [1.29, 1.82) is 0 Å². The first-order chi connectivity index (χ1) is 10.6. The van der Waals surface area contributed by atoms with Gasteiger partial charge in [-0.3, -0.25) is 9.59 Å². The van der Waals surface area contributed by atoms with Gasteiger partial charge in [-0.15, -0.1) is 0 Å². The van der Waals surface area contributed by atoms with Crippen LogP contribution in [0.25, 0.3) is 0 Å². The first-order valence-electron chi connectivity index (χ1n) is 6.46. The molecule has 0 saturated carbocycles. The third-order valence-electron chi connectivity index (χ3n) is 2.80. The number of carbonyl (C=O) groups excluding carboxylic acids is 2. The Morgan fingerprint density at radius 2 is 2.14 bits per heavy atom. The Morgan fingerprint density at radius 1 is 1.32 bits per heavy atom. The fourth-order valence-corrected chi connectivity index (χ4v) is 2.61. The van der Waals surface area contributed by atoms with E-state index in [1.54, 1.807) is 29.0 Å². The molecule has 2 rings (SSSR count). The monoisotopic (exact) mass is 385 g/mol. The largest absolute Gasteiger partial charge is 0.461 e. The Morgan fingerprint density at radius 3 is 2.82 bits per heavy atom. The van der Waals surface area contributed by atoms with Crippen molar-refractivity contribution in [2.75, 3.05) is 6.54 Å². The minimum atomic E-state index is -0.493. The van der Waals surface area contributed by atoms with Gasteiger partial charge in [-0.2, -0.15) is 11.3 Å². The van der Waals surface area contributed by atoms with Crippen molar-refractivity contribution in [1.82, 2.24) is 5.32 Å². The maximum absolute atomic E-state index is 13.5. The highest BCUT2D eigenvalue weighted by Crippen LogP contribution is 2.16. The molecular weight excluding hydrogens is 373 g/mol. The average molecular weight is 386 g/mol. The third-order valence-corrected chi connectivity index (χ3v) is 3.98. The number of amides is 1. The summed E-state index contributed by atoms with van der Waals surface area (Å²) in [6.07, 6.45) is 0.0357. The molecule has 4 nitrogen and oxygen atoms in total. The predicted molar refractivity (Wildman–Crippen MR) is 85.2 cm³/mol. The Labute approximate surface area is 139 Å². The second kappa shape index (κ2) is 8.05. The topological polar surface area (TPSA) is 55.4 Å². The van der Waals surface area contributed by atoms with E-state index in [1.165, 1.54) is 17.4 Å². The van der Waals surface area contributed by atoms with Crippen LogP contribution in [0.4, 0.5) is 4.39 Å². The lowest BCUT2D eigenvalue weighted by Crippen LogP contribution is -2.26. The molecule has 22 heavy (non-hydrogen) atoms. The fourth-order valence-electron chi connectivity index (χ4n) is 1.64. The quantitative estimate of drug-likeness (QED) is 0.774. The van der Waals surface area contributed by atoms with E-state index < -0.39 is 11.8 Å². The molecule has 0 aliphatic heterocycles. The Hall–Kier alpha value is -1.73. The van der Waals surface area contributed by atoms with Crippen LogP contribution in [0.1, 0.15) is 22.3 Å². The van der Waals surface area contributed by atoms with Crippen LogP contribution in [-0.2, 0) is 16.1 Å². The van der Waals surface area contributed by atoms with Gasteiger partial charge in [0.15, 0.2) is 0 Å². The van der Waals surface area contributed by atoms with Crippen molar-refractivity contribution >= 4 is 39.1 Å². The number of esters is 1. The fraction of sp³-hybridized carbons (Fsp3) is 0.200. The molecule has 0 bridgehead atoms. The molecule has 0 atom stereocenters. The molecule has 0 fully saturated rings. The molecule has 1 amide bonds. The standard InChI is InChI=1S/C15H13BrFNO3S/c16-12-2-1-10(13(17)7-12)8-21-14(19)3-5-18-15(20)11-4-6-22-9-11/h1-2,4,6-7,9H,3,5,8H2,(H,18,20). The minimum Gasteiger partial charge on any atom is -0.461 e. The van der Waals surface area contributed by atoms with Crippen molar-refractivity contribution in [2.24, 2.45) is 0 Å². The Bertz CT molecular complexity index is 661. The smallest absolute Gasteiger partial charge is 0.307 e. The minimum absolute atomic E-state index is 0.0357. The van der Waals surface area contributed by atoms with Crippen LogP contribution in [0, 0.1) is 5.82 Å². The van der Waals surface area contributed by atoms with Gasteiger partial charge in [-0.05, 0) is 23.6 Å². The van der Waals surface area contributed by atoms with E-state index in [2.05, 4.69) is 21.2 Å². The number of carbonyl (C=O) groups is 2. The van der Waals surface area contributed by atoms with E-state index in [1.807, 2.05) is 0 Å². The summed E-state index contributed by atoms with van der Waals surface area (Å²) in [6.45, 7) is 0.0484. The van der Waals surface area contributed by atoms with Crippen molar-refractivity contribution in [3.05, 3.63) is 56.4 Å². The number of thiophene rings is 1. The molecule has 1 aromatic carbocycles. The highest BCUT2D eigenvalue weighted by atomic mass is 79.9. The molecule has 0 radical (unpaired) electrons. The SMILES string of the molecule is O=C(CCNC(=O)c1ccsc1)OCc1ccc(Br)cc1F. The van der Waals surface area contributed by atoms with Crippen molar-refractivity contribution in [3.63, 3.8) is 0 Å². The van der Waals surface area contributed by atoms with Crippen LogP contribution in [0.5, 0.6) is 0 Å². The zero-order chi connectivity index (χ0) is 15.9. The zero-order valence-electron chi connectivity index (χ0n) is 11.5. The molecule has 1 aromatic heterocycles. The summed E-state index contributed by atoms with van der Waals surface area (Å²) < 4.78 is 19.1. The van der Waals surface area contributed by atoms with E-state index in [9.17, 15) is 14.0 Å². The molecule has 0 saturated heterocycles. The summed E-state index contributed by atoms with van der Waals surface area (Å²) in [4.78, 5) is 23.2. The van der Waals surface area contributed by atoms with Gasteiger partial charge < -0.3 is 10.1 Å². The number of hydrogen-bond acceptors (Lipinski definition) is 4. The number of ether oxygens (including phenoxy) is 1. The highest BCUT2D eigenvalue weighted by molar-refractivity contribution is 9.10. The number of hydrogen-bond donors (Lipinski definition) is 1. The van der Waals surface area contributed by atoms with Crippen LogP contribution in [0.2, 0.25) is 0 Å². The third kappa shape index (κ3) is 4.92. The number of rotatable bonds is 6. The number of nitrogens with one attached hydrogen (secondary N) is 1. The number of halogens is 2. The van der Waals surface area contributed by atoms with Crippen LogP contribution < -0.4 is 5.32 Å². The second-order valence-electron chi connectivity index (χ2n) is 4.41. The van der Waals surface area contributed by atoms with Crippen molar-refractivity contribution in [3.8, 4) is 0 Å². The van der Waals surface area contributed by atoms with E-state index >= 15 is 0 Å². The maximum Gasteiger partial charge on any atom is 0.307 e. The average Bonchev–Trinajstić information content (AvgIpc) is 3.00. The highest BCUT2D eigenvalue weighted by Gasteiger charge is 2.09. The molecule has 1 heterocycles. The van der Waals surface area contributed by atoms with Crippen molar-refractivity contribution in [2.45, 2.75) is 13.0 Å². The van der Waals surface area contributed by atoms with Gasteiger partial charge in [0.2, 0.25) is 0 Å². The van der Waals surface area contributed by atoms with E-state index in [4.69, 9.17) is 4.74 Å². The molecule has 7 heteroatoms. The van der Waals surface area contributed by atoms with Crippen LogP contribution in [0.15, 0.2) is 39.5 Å². The Kier molecular flexibility index (Phi) is 6.09.